The van der Waals surface area contributed by atoms with Gasteiger partial charge in [0, 0.05) is 0 Å². The maximum absolute atomic E-state index is 2.62. The quantitative estimate of drug-likeness (QED) is 0.247. The van der Waals surface area contributed by atoms with Crippen LogP contribution in [0, 0.1) is 0 Å². The van der Waals surface area contributed by atoms with E-state index in [1.807, 2.05) is 0 Å². The minimum atomic E-state index is 0.823. The summed E-state index contributed by atoms with van der Waals surface area (Å²) < 4.78 is 0. The molecule has 0 radical (unpaired) electrons. The second kappa shape index (κ2) is 15.0. The first-order valence-corrected chi connectivity index (χ1v) is 16.0. The fraction of sp³-hybridized carbons (Fsp3) is 0.667. The first-order chi connectivity index (χ1) is 17.8. The highest BCUT2D eigenvalue weighted by molar-refractivity contribution is 5.37. The van der Waals surface area contributed by atoms with E-state index in [0.717, 1.165) is 11.8 Å². The normalized spacial score (nSPS) is 17.5. The molecule has 0 aromatic heterocycles. The molecule has 36 heavy (non-hydrogen) atoms. The molecule has 0 heteroatoms. The van der Waals surface area contributed by atoms with Crippen molar-refractivity contribution in [2.75, 3.05) is 0 Å². The molecular formula is C36H54. The minimum Gasteiger partial charge on any atom is -0.0654 e. The average Bonchev–Trinajstić information content (AvgIpc) is 2.94. The third kappa shape index (κ3) is 7.97. The van der Waals surface area contributed by atoms with Crippen molar-refractivity contribution in [1.82, 2.24) is 0 Å². The van der Waals surface area contributed by atoms with Crippen molar-refractivity contribution in [2.45, 2.75) is 154 Å². The zero-order chi connectivity index (χ0) is 25.0. The number of unbranched alkanes of at least 4 members (excludes halogenated alkanes) is 3. The monoisotopic (exact) mass is 486 g/mol. The van der Waals surface area contributed by atoms with Gasteiger partial charge in [-0.3, -0.25) is 0 Å². The number of benzene rings is 2. The number of rotatable bonds is 13. The van der Waals surface area contributed by atoms with Crippen molar-refractivity contribution in [3.05, 3.63) is 69.8 Å². The Bertz CT molecular complexity index is 819. The van der Waals surface area contributed by atoms with Gasteiger partial charge in [-0.25, -0.2) is 0 Å². The molecule has 2 aromatic rings. The predicted octanol–water partition coefficient (Wildman–Crippen LogP) is 11.0. The van der Waals surface area contributed by atoms with E-state index >= 15 is 0 Å². The summed E-state index contributed by atoms with van der Waals surface area (Å²) in [6.07, 6.45) is 27.2. The van der Waals surface area contributed by atoms with Crippen molar-refractivity contribution < 1.29 is 0 Å². The lowest BCUT2D eigenvalue weighted by molar-refractivity contribution is 0.440. The van der Waals surface area contributed by atoms with Crippen LogP contribution >= 0.6 is 0 Å². The van der Waals surface area contributed by atoms with E-state index in [0.29, 0.717) is 0 Å². The molecule has 4 rings (SSSR count). The predicted molar refractivity (Wildman–Crippen MR) is 158 cm³/mol. The van der Waals surface area contributed by atoms with Gasteiger partial charge < -0.3 is 0 Å². The highest BCUT2D eigenvalue weighted by Crippen LogP contribution is 2.37. The second-order valence-electron chi connectivity index (χ2n) is 12.2. The summed E-state index contributed by atoms with van der Waals surface area (Å²) in [5.74, 6) is 1.65. The molecule has 0 unspecified atom stereocenters. The molecule has 2 aliphatic carbocycles. The fourth-order valence-electron chi connectivity index (χ4n) is 7.04. The summed E-state index contributed by atoms with van der Waals surface area (Å²) >= 11 is 0. The molecule has 0 nitrogen and oxygen atoms in total. The van der Waals surface area contributed by atoms with Gasteiger partial charge in [0.05, 0.1) is 0 Å². The summed E-state index contributed by atoms with van der Waals surface area (Å²) in [5.41, 5.74) is 9.97. The first-order valence-electron chi connectivity index (χ1n) is 16.0. The van der Waals surface area contributed by atoms with E-state index in [9.17, 15) is 0 Å². The maximum atomic E-state index is 2.62. The van der Waals surface area contributed by atoms with Gasteiger partial charge in [0.1, 0.15) is 0 Å². The van der Waals surface area contributed by atoms with Gasteiger partial charge in [0.25, 0.3) is 0 Å². The van der Waals surface area contributed by atoms with E-state index in [1.165, 1.54) is 128 Å². The summed E-state index contributed by atoms with van der Waals surface area (Å²) in [5, 5.41) is 0. The molecular weight excluding hydrogens is 432 g/mol. The van der Waals surface area contributed by atoms with Crippen molar-refractivity contribution >= 4 is 0 Å². The van der Waals surface area contributed by atoms with E-state index in [-0.39, 0.29) is 0 Å². The van der Waals surface area contributed by atoms with Gasteiger partial charge in [-0.05, 0) is 122 Å². The summed E-state index contributed by atoms with van der Waals surface area (Å²) in [6.45, 7) is 4.63. The van der Waals surface area contributed by atoms with Crippen LogP contribution in [-0.2, 0) is 25.7 Å². The van der Waals surface area contributed by atoms with Gasteiger partial charge in [0.2, 0.25) is 0 Å². The Morgan fingerprint density at radius 2 is 0.917 bits per heavy atom. The van der Waals surface area contributed by atoms with Crippen LogP contribution in [-0.4, -0.2) is 0 Å². The molecule has 0 amide bonds. The molecule has 0 aliphatic heterocycles. The SMILES string of the molecule is CCCCc1ccc(CCCCc2ccc(CCCC)cc2C2CCCCC2)c(C2CCCCC2)c1. The lowest BCUT2D eigenvalue weighted by atomic mass is 9.79. The van der Waals surface area contributed by atoms with E-state index in [1.54, 1.807) is 33.4 Å². The number of aryl methyl sites for hydroxylation is 4. The molecule has 0 N–H and O–H groups in total. The number of hydrogen-bond donors (Lipinski definition) is 0. The smallest absolute Gasteiger partial charge is 0.0159 e. The van der Waals surface area contributed by atoms with Crippen molar-refractivity contribution in [2.24, 2.45) is 0 Å². The molecule has 2 fully saturated rings. The van der Waals surface area contributed by atoms with Crippen LogP contribution in [0.15, 0.2) is 36.4 Å². The Morgan fingerprint density at radius 3 is 1.31 bits per heavy atom. The molecule has 0 atom stereocenters. The molecule has 0 saturated heterocycles. The first kappa shape index (κ1) is 27.5. The molecule has 0 spiro atoms. The molecule has 2 saturated carbocycles. The molecule has 2 aliphatic rings. The highest BCUT2D eigenvalue weighted by Gasteiger charge is 2.20. The Balaban J connectivity index is 1.40. The van der Waals surface area contributed by atoms with Gasteiger partial charge >= 0.3 is 0 Å². The Kier molecular flexibility index (Phi) is 11.4. The Morgan fingerprint density at radius 1 is 0.500 bits per heavy atom. The van der Waals surface area contributed by atoms with Crippen LogP contribution in [0.25, 0.3) is 0 Å². The van der Waals surface area contributed by atoms with Crippen LogP contribution in [0.2, 0.25) is 0 Å². The zero-order valence-electron chi connectivity index (χ0n) is 23.8. The summed E-state index contributed by atoms with van der Waals surface area (Å²) in [4.78, 5) is 0. The Labute approximate surface area is 223 Å². The van der Waals surface area contributed by atoms with Crippen LogP contribution in [0.3, 0.4) is 0 Å². The molecule has 0 heterocycles. The maximum Gasteiger partial charge on any atom is -0.0159 e. The molecule has 198 valence electrons. The van der Waals surface area contributed by atoms with Crippen LogP contribution in [0.5, 0.6) is 0 Å². The van der Waals surface area contributed by atoms with Gasteiger partial charge in [-0.2, -0.15) is 0 Å². The Hall–Kier alpha value is -1.56. The molecule has 0 bridgehead atoms. The summed E-state index contributed by atoms with van der Waals surface area (Å²) in [6, 6.07) is 15.2. The standard InChI is InChI=1S/C36H54/c1-3-5-15-29-23-25-33(35(27-29)31-17-9-7-10-18-31)21-13-14-22-34-26-24-30(16-6-4-2)28-36(34)32-19-11-8-12-20-32/h23-28,31-32H,3-22H2,1-2H3. The van der Waals surface area contributed by atoms with Gasteiger partial charge in [0.15, 0.2) is 0 Å². The summed E-state index contributed by atoms with van der Waals surface area (Å²) in [7, 11) is 0. The second-order valence-corrected chi connectivity index (χ2v) is 12.2. The van der Waals surface area contributed by atoms with Crippen molar-refractivity contribution in [3.63, 3.8) is 0 Å². The minimum absolute atomic E-state index is 0.823. The van der Waals surface area contributed by atoms with Crippen molar-refractivity contribution in [3.8, 4) is 0 Å². The van der Waals surface area contributed by atoms with Gasteiger partial charge in [-0.15, -0.1) is 0 Å². The van der Waals surface area contributed by atoms with E-state index in [2.05, 4.69) is 50.2 Å². The van der Waals surface area contributed by atoms with Crippen LogP contribution in [0.4, 0.5) is 0 Å². The van der Waals surface area contributed by atoms with Crippen molar-refractivity contribution in [1.29, 1.82) is 0 Å². The fourth-order valence-corrected chi connectivity index (χ4v) is 7.04. The largest absolute Gasteiger partial charge is 0.0654 e. The van der Waals surface area contributed by atoms with E-state index < -0.39 is 0 Å². The van der Waals surface area contributed by atoms with E-state index in [4.69, 9.17) is 0 Å². The third-order valence-corrected chi connectivity index (χ3v) is 9.29. The topological polar surface area (TPSA) is 0 Å². The highest BCUT2D eigenvalue weighted by atomic mass is 14.3. The number of hydrogen-bond acceptors (Lipinski definition) is 0. The van der Waals surface area contributed by atoms with Crippen LogP contribution < -0.4 is 0 Å². The molecule has 2 aromatic carbocycles. The lowest BCUT2D eigenvalue weighted by Gasteiger charge is -2.26. The third-order valence-electron chi connectivity index (χ3n) is 9.29. The lowest BCUT2D eigenvalue weighted by Crippen LogP contribution is -2.09. The zero-order valence-corrected chi connectivity index (χ0v) is 23.8. The average molecular weight is 487 g/mol. The van der Waals surface area contributed by atoms with Gasteiger partial charge in [-0.1, -0.05) is 102 Å². The van der Waals surface area contributed by atoms with Crippen LogP contribution in [0.1, 0.15) is 162 Å².